The molecule has 0 spiro atoms. The van der Waals surface area contributed by atoms with Crippen LogP contribution in [0.4, 0.5) is 10.1 Å². The number of carbonyl (C=O) groups excluding carboxylic acids is 1. The second-order valence-electron chi connectivity index (χ2n) is 6.73. The van der Waals surface area contributed by atoms with Gasteiger partial charge >= 0.3 is 0 Å². The van der Waals surface area contributed by atoms with Gasteiger partial charge in [0.15, 0.2) is 5.76 Å². The molecule has 0 saturated carbocycles. The zero-order valence-electron chi connectivity index (χ0n) is 16.7. The quantitative estimate of drug-likeness (QED) is 0.613. The molecule has 7 nitrogen and oxygen atoms in total. The first-order valence-electron chi connectivity index (χ1n) is 8.98. The number of sulfonamides is 1. The summed E-state index contributed by atoms with van der Waals surface area (Å²) in [4.78, 5) is 12.6. The summed E-state index contributed by atoms with van der Waals surface area (Å²) in [5.41, 5.74) is 0.895. The van der Waals surface area contributed by atoms with E-state index in [0.717, 1.165) is 4.31 Å². The van der Waals surface area contributed by atoms with E-state index in [1.54, 1.807) is 25.1 Å². The van der Waals surface area contributed by atoms with Gasteiger partial charge in [-0.15, -0.1) is 0 Å². The number of rotatable bonds is 7. The second-order valence-corrected chi connectivity index (χ2v) is 8.85. The molecule has 0 atom stereocenters. The number of amides is 1. The second kappa shape index (κ2) is 8.68. The number of carbonyl (C=O) groups is 1. The molecule has 0 aliphatic rings. The fourth-order valence-electron chi connectivity index (χ4n) is 2.61. The van der Waals surface area contributed by atoms with Gasteiger partial charge in [0.2, 0.25) is 10.0 Å². The van der Waals surface area contributed by atoms with Crippen LogP contribution in [-0.2, 0) is 16.6 Å². The lowest BCUT2D eigenvalue weighted by molar-refractivity contribution is 0.0992. The molecule has 3 rings (SSSR count). The topological polar surface area (TPSA) is 88.8 Å². The van der Waals surface area contributed by atoms with Crippen LogP contribution in [0.3, 0.4) is 0 Å². The molecule has 158 valence electrons. The molecule has 1 heterocycles. The van der Waals surface area contributed by atoms with Crippen LogP contribution in [0.5, 0.6) is 5.75 Å². The summed E-state index contributed by atoms with van der Waals surface area (Å²) in [7, 11) is -0.758. The van der Waals surface area contributed by atoms with Crippen LogP contribution in [0, 0.1) is 12.7 Å². The van der Waals surface area contributed by atoms with E-state index in [1.165, 1.54) is 50.5 Å². The van der Waals surface area contributed by atoms with E-state index in [1.807, 2.05) is 0 Å². The standard InChI is InChI=1S/C21H21FN2O5S/c1-14-4-7-16(12-20(14)30(26,27)24(2)3)23-21(25)19-11-10-18(29-19)13-28-17-8-5-15(22)6-9-17/h4-12H,13H2,1-3H3,(H,23,25). The Bertz CT molecular complexity index is 1150. The predicted octanol–water partition coefficient (Wildman–Crippen LogP) is 3.81. The average molecular weight is 432 g/mol. The summed E-state index contributed by atoms with van der Waals surface area (Å²) in [6.07, 6.45) is 0. The minimum atomic E-state index is -3.64. The lowest BCUT2D eigenvalue weighted by Gasteiger charge is -2.15. The highest BCUT2D eigenvalue weighted by atomic mass is 32.2. The van der Waals surface area contributed by atoms with E-state index in [-0.39, 0.29) is 23.1 Å². The number of benzene rings is 2. The monoisotopic (exact) mass is 432 g/mol. The Kier molecular flexibility index (Phi) is 6.23. The number of hydrogen-bond acceptors (Lipinski definition) is 5. The lowest BCUT2D eigenvalue weighted by Crippen LogP contribution is -2.23. The third-order valence-corrected chi connectivity index (χ3v) is 6.24. The molecular formula is C21H21FN2O5S. The summed E-state index contributed by atoms with van der Waals surface area (Å²) in [6, 6.07) is 13.3. The van der Waals surface area contributed by atoms with E-state index in [9.17, 15) is 17.6 Å². The first-order valence-corrected chi connectivity index (χ1v) is 10.4. The van der Waals surface area contributed by atoms with Gasteiger partial charge in [-0.05, 0) is 61.0 Å². The normalized spacial score (nSPS) is 11.5. The Morgan fingerprint density at radius 1 is 1.10 bits per heavy atom. The molecule has 0 bridgehead atoms. The fraction of sp³-hybridized carbons (Fsp3) is 0.190. The van der Waals surface area contributed by atoms with Crippen LogP contribution < -0.4 is 10.1 Å². The van der Waals surface area contributed by atoms with Gasteiger partial charge in [0.25, 0.3) is 5.91 Å². The van der Waals surface area contributed by atoms with Crippen molar-refractivity contribution in [2.45, 2.75) is 18.4 Å². The van der Waals surface area contributed by atoms with Gasteiger partial charge in [0.1, 0.15) is 23.9 Å². The molecular weight excluding hydrogens is 411 g/mol. The highest BCUT2D eigenvalue weighted by molar-refractivity contribution is 7.89. The number of nitrogens with zero attached hydrogens (tertiary/aromatic N) is 1. The van der Waals surface area contributed by atoms with E-state index >= 15 is 0 Å². The third-order valence-electron chi connectivity index (χ3n) is 4.28. The fourth-order valence-corrected chi connectivity index (χ4v) is 3.75. The van der Waals surface area contributed by atoms with Crippen molar-refractivity contribution in [1.29, 1.82) is 0 Å². The van der Waals surface area contributed by atoms with Crippen LogP contribution in [-0.4, -0.2) is 32.7 Å². The number of furan rings is 1. The molecule has 0 radical (unpaired) electrons. The van der Waals surface area contributed by atoms with Gasteiger partial charge in [0, 0.05) is 19.8 Å². The first-order chi connectivity index (χ1) is 14.2. The molecule has 0 saturated heterocycles. The maximum Gasteiger partial charge on any atom is 0.291 e. The Morgan fingerprint density at radius 3 is 2.47 bits per heavy atom. The Morgan fingerprint density at radius 2 is 1.80 bits per heavy atom. The molecule has 9 heteroatoms. The van der Waals surface area contributed by atoms with Crippen LogP contribution in [0.1, 0.15) is 21.9 Å². The predicted molar refractivity (Wildman–Crippen MR) is 109 cm³/mol. The smallest absolute Gasteiger partial charge is 0.291 e. The molecule has 30 heavy (non-hydrogen) atoms. The van der Waals surface area contributed by atoms with Gasteiger partial charge in [-0.25, -0.2) is 17.1 Å². The number of halogens is 1. The Hall–Kier alpha value is -3.17. The van der Waals surface area contributed by atoms with Crippen molar-refractivity contribution in [3.63, 3.8) is 0 Å². The maximum absolute atomic E-state index is 12.9. The van der Waals surface area contributed by atoms with Crippen LogP contribution in [0.25, 0.3) is 0 Å². The number of aryl methyl sites for hydroxylation is 1. The molecule has 1 amide bonds. The van der Waals surface area contributed by atoms with E-state index in [0.29, 0.717) is 22.8 Å². The number of ether oxygens (including phenoxy) is 1. The molecule has 0 aliphatic heterocycles. The van der Waals surface area contributed by atoms with Crippen molar-refractivity contribution in [1.82, 2.24) is 4.31 Å². The highest BCUT2D eigenvalue weighted by Crippen LogP contribution is 2.23. The molecule has 2 aromatic carbocycles. The maximum atomic E-state index is 12.9. The molecule has 1 N–H and O–H groups in total. The van der Waals surface area contributed by atoms with Gasteiger partial charge in [0.05, 0.1) is 4.90 Å². The minimum Gasteiger partial charge on any atom is -0.486 e. The van der Waals surface area contributed by atoms with Crippen molar-refractivity contribution in [3.8, 4) is 5.75 Å². The highest BCUT2D eigenvalue weighted by Gasteiger charge is 2.21. The minimum absolute atomic E-state index is 0.0466. The third kappa shape index (κ3) is 4.87. The Labute approximate surface area is 174 Å². The molecule has 1 aromatic heterocycles. The van der Waals surface area contributed by atoms with E-state index < -0.39 is 15.9 Å². The summed E-state index contributed by atoms with van der Waals surface area (Å²) in [5.74, 6) is 0.0275. The van der Waals surface area contributed by atoms with Crippen molar-refractivity contribution < 1.29 is 26.8 Å². The number of hydrogen-bond donors (Lipinski definition) is 1. The van der Waals surface area contributed by atoms with Gasteiger partial charge in [-0.3, -0.25) is 4.79 Å². The van der Waals surface area contributed by atoms with Crippen LogP contribution >= 0.6 is 0 Å². The molecule has 0 aliphatic carbocycles. The van der Waals surface area contributed by atoms with E-state index in [4.69, 9.17) is 9.15 Å². The van der Waals surface area contributed by atoms with Crippen molar-refractivity contribution in [2.24, 2.45) is 0 Å². The lowest BCUT2D eigenvalue weighted by atomic mass is 10.2. The van der Waals surface area contributed by atoms with Gasteiger partial charge in [-0.1, -0.05) is 6.07 Å². The zero-order valence-corrected chi connectivity index (χ0v) is 17.5. The molecule has 0 fully saturated rings. The van der Waals surface area contributed by atoms with E-state index in [2.05, 4.69) is 5.32 Å². The van der Waals surface area contributed by atoms with Gasteiger partial charge < -0.3 is 14.5 Å². The van der Waals surface area contributed by atoms with Crippen molar-refractivity contribution >= 4 is 21.6 Å². The largest absolute Gasteiger partial charge is 0.486 e. The number of nitrogens with one attached hydrogen (secondary N) is 1. The average Bonchev–Trinajstić information content (AvgIpc) is 3.18. The summed E-state index contributed by atoms with van der Waals surface area (Å²) >= 11 is 0. The zero-order chi connectivity index (χ0) is 21.9. The van der Waals surface area contributed by atoms with Crippen LogP contribution in [0.2, 0.25) is 0 Å². The number of anilines is 1. The summed E-state index contributed by atoms with van der Waals surface area (Å²) in [5, 5.41) is 2.63. The van der Waals surface area contributed by atoms with Crippen LogP contribution in [0.15, 0.2) is 63.9 Å². The SMILES string of the molecule is Cc1ccc(NC(=O)c2ccc(COc3ccc(F)cc3)o2)cc1S(=O)(=O)N(C)C. The molecule has 3 aromatic rings. The van der Waals surface area contributed by atoms with Crippen molar-refractivity contribution in [3.05, 3.63) is 77.5 Å². The van der Waals surface area contributed by atoms with Gasteiger partial charge in [-0.2, -0.15) is 0 Å². The summed E-state index contributed by atoms with van der Waals surface area (Å²) < 4.78 is 49.9. The summed E-state index contributed by atoms with van der Waals surface area (Å²) in [6.45, 7) is 1.75. The molecule has 0 unspecified atom stereocenters. The Balaban J connectivity index is 1.69. The van der Waals surface area contributed by atoms with Crippen molar-refractivity contribution in [2.75, 3.05) is 19.4 Å². The first kappa shape index (κ1) is 21.5.